The van der Waals surface area contributed by atoms with Crippen LogP contribution in [0.1, 0.15) is 76.2 Å². The van der Waals surface area contributed by atoms with E-state index in [9.17, 15) is 4.79 Å². The number of hydrogen-bond donors (Lipinski definition) is 3. The Bertz CT molecular complexity index is 693. The van der Waals surface area contributed by atoms with Gasteiger partial charge in [-0.3, -0.25) is 4.79 Å². The van der Waals surface area contributed by atoms with Crippen molar-refractivity contribution >= 4 is 45.0 Å². The highest BCUT2D eigenvalue weighted by molar-refractivity contribution is 9.08. The molecule has 0 saturated heterocycles. The number of halogens is 1. The summed E-state index contributed by atoms with van der Waals surface area (Å²) in [6.45, 7) is 13.3. The predicted octanol–water partition coefficient (Wildman–Crippen LogP) is 7.31. The molecule has 4 N–H and O–H groups in total. The van der Waals surface area contributed by atoms with E-state index in [4.69, 9.17) is 5.11 Å². The maximum atomic E-state index is 10.4. The zero-order valence-electron chi connectivity index (χ0n) is 24.2. The van der Waals surface area contributed by atoms with Crippen LogP contribution in [-0.2, 0) is 11.2 Å². The minimum Gasteiger partial charge on any atom is -0.481 e. The second kappa shape index (κ2) is 29.7. The van der Waals surface area contributed by atoms with Crippen molar-refractivity contribution in [1.29, 1.82) is 0 Å². The summed E-state index contributed by atoms with van der Waals surface area (Å²) < 4.78 is 0. The molecule has 2 aromatic rings. The lowest BCUT2D eigenvalue weighted by atomic mass is 10.00. The number of nitrogens with two attached hydrogens (primary N) is 1. The third-order valence-corrected chi connectivity index (χ3v) is 7.69. The number of aryl methyl sites for hydroxylation is 1. The Hall–Kier alpha value is -0.860. The molecule has 1 aromatic heterocycles. The van der Waals surface area contributed by atoms with Crippen molar-refractivity contribution in [2.45, 2.75) is 72.1 Å². The smallest absolute Gasteiger partial charge is 0.311 e. The minimum atomic E-state index is -0.762. The predicted molar refractivity (Wildman–Crippen MR) is 172 cm³/mol. The lowest BCUT2D eigenvalue weighted by Crippen LogP contribution is -2.84. The summed E-state index contributed by atoms with van der Waals surface area (Å²) >= 11 is 6.33. The van der Waals surface area contributed by atoms with E-state index in [0.717, 1.165) is 17.3 Å². The molecule has 1 heterocycles. The highest BCUT2D eigenvalue weighted by Gasteiger charge is 2.13. The van der Waals surface area contributed by atoms with Crippen LogP contribution < -0.4 is 10.6 Å². The molecule has 1 aromatic carbocycles. The average molecular weight is 619 g/mol. The van der Waals surface area contributed by atoms with Crippen molar-refractivity contribution in [1.82, 2.24) is 5.32 Å². The highest BCUT2D eigenvalue weighted by Crippen LogP contribution is 2.20. The standard InChI is InChI=1S/C16H27N.C7H8O2S.C6H15NS.CH3Br/c1-3-15(4-2)12-14-17-13-8-11-16-9-6-5-7-10-16;1-5(7(8)9)6-3-2-4-10-6;1-3-7-5-4-6-8-2;1-2/h5-7,9-10,15,17H,3-4,8,11-14H2,1-2H3;2-5H,1H3,(H,8,9);7H,3-6H2,1-2H3;1H3/p+1. The SMILES string of the molecule is CBr.CC(C(=O)O)c1cccs1.CCC(CC)CC[NH2+]CCCc1ccccc1.CCNCCCSC. The zero-order chi connectivity index (χ0) is 28.2. The number of carboxylic acid groups (broad SMARTS) is 1. The first-order valence-corrected chi connectivity index (χ1v) is 17.5. The molecule has 1 unspecified atom stereocenters. The van der Waals surface area contributed by atoms with Crippen LogP contribution in [0.3, 0.4) is 0 Å². The number of carbonyl (C=O) groups is 1. The van der Waals surface area contributed by atoms with Crippen LogP contribution in [0.4, 0.5) is 0 Å². The van der Waals surface area contributed by atoms with Gasteiger partial charge in [0.15, 0.2) is 0 Å². The summed E-state index contributed by atoms with van der Waals surface area (Å²) in [5.74, 6) is 2.92. The van der Waals surface area contributed by atoms with Gasteiger partial charge in [-0.1, -0.05) is 85.9 Å². The first-order valence-electron chi connectivity index (χ1n) is 13.7. The summed E-state index contributed by atoms with van der Waals surface area (Å²) in [4.78, 5) is 11.3. The number of thiophene rings is 1. The van der Waals surface area contributed by atoms with E-state index >= 15 is 0 Å². The molecular formula is C30H54BrN2O2S2+. The monoisotopic (exact) mass is 617 g/mol. The average Bonchev–Trinajstić information content (AvgIpc) is 3.48. The van der Waals surface area contributed by atoms with E-state index in [1.165, 1.54) is 80.8 Å². The molecule has 0 amide bonds. The van der Waals surface area contributed by atoms with Gasteiger partial charge in [0.25, 0.3) is 0 Å². The maximum Gasteiger partial charge on any atom is 0.311 e. The number of carboxylic acids is 1. The molecule has 2 rings (SSSR count). The van der Waals surface area contributed by atoms with Crippen LogP contribution in [0, 0.1) is 5.92 Å². The van der Waals surface area contributed by atoms with E-state index in [1.54, 1.807) is 6.92 Å². The topological polar surface area (TPSA) is 65.9 Å². The molecular weight excluding hydrogens is 564 g/mol. The first-order chi connectivity index (χ1) is 18.0. The van der Waals surface area contributed by atoms with E-state index < -0.39 is 5.97 Å². The number of nitrogens with one attached hydrogen (secondary N) is 1. The number of aliphatic carboxylic acids is 1. The fraction of sp³-hybridized carbons (Fsp3) is 0.633. The molecule has 0 saturated carbocycles. The van der Waals surface area contributed by atoms with Gasteiger partial charge in [-0.05, 0) is 80.0 Å². The quantitative estimate of drug-likeness (QED) is 0.136. The van der Waals surface area contributed by atoms with Gasteiger partial charge in [-0.2, -0.15) is 11.8 Å². The number of thioether (sulfide) groups is 1. The van der Waals surface area contributed by atoms with Crippen molar-refractivity contribution in [3.63, 3.8) is 0 Å². The summed E-state index contributed by atoms with van der Waals surface area (Å²) in [5, 5.41) is 16.2. The van der Waals surface area contributed by atoms with Crippen LogP contribution in [0.2, 0.25) is 0 Å². The molecule has 214 valence electrons. The molecule has 0 aliphatic carbocycles. The minimum absolute atomic E-state index is 0.361. The van der Waals surface area contributed by atoms with Crippen molar-refractivity contribution in [3.8, 4) is 0 Å². The van der Waals surface area contributed by atoms with E-state index in [2.05, 4.69) is 83.9 Å². The summed E-state index contributed by atoms with van der Waals surface area (Å²) in [7, 11) is 0. The van der Waals surface area contributed by atoms with Crippen LogP contribution in [-0.4, -0.2) is 55.1 Å². The van der Waals surface area contributed by atoms with Crippen molar-refractivity contribution in [2.75, 3.05) is 44.0 Å². The third-order valence-electron chi connectivity index (χ3n) is 5.94. The number of alkyl halides is 1. The largest absolute Gasteiger partial charge is 0.481 e. The second-order valence-corrected chi connectivity index (χ2v) is 10.7. The zero-order valence-corrected chi connectivity index (χ0v) is 27.4. The third kappa shape index (κ3) is 24.0. The van der Waals surface area contributed by atoms with Gasteiger partial charge in [0.05, 0.1) is 19.0 Å². The van der Waals surface area contributed by atoms with Gasteiger partial charge in [-0.15, -0.1) is 11.3 Å². The molecule has 0 fully saturated rings. The Kier molecular flexibility index (Phi) is 30.7. The molecule has 7 heteroatoms. The van der Waals surface area contributed by atoms with Gasteiger partial charge in [0.2, 0.25) is 0 Å². The van der Waals surface area contributed by atoms with E-state index in [1.807, 2.05) is 35.1 Å². The first kappa shape index (κ1) is 38.3. The van der Waals surface area contributed by atoms with Crippen molar-refractivity contribution in [2.24, 2.45) is 5.92 Å². The molecule has 0 radical (unpaired) electrons. The Morgan fingerprint density at radius 2 is 1.73 bits per heavy atom. The number of quaternary nitrogens is 1. The van der Waals surface area contributed by atoms with Gasteiger partial charge in [-0.25, -0.2) is 0 Å². The number of hydrogen-bond acceptors (Lipinski definition) is 4. The molecule has 37 heavy (non-hydrogen) atoms. The van der Waals surface area contributed by atoms with Gasteiger partial charge in [0.1, 0.15) is 0 Å². The second-order valence-electron chi connectivity index (χ2n) is 8.70. The summed E-state index contributed by atoms with van der Waals surface area (Å²) in [5.41, 5.74) is 1.47. The normalized spacial score (nSPS) is 10.8. The molecule has 0 aliphatic rings. The highest BCUT2D eigenvalue weighted by atomic mass is 79.9. The van der Waals surface area contributed by atoms with E-state index in [0.29, 0.717) is 0 Å². The number of benzene rings is 1. The van der Waals surface area contributed by atoms with E-state index in [-0.39, 0.29) is 5.92 Å². The van der Waals surface area contributed by atoms with Crippen LogP contribution in [0.25, 0.3) is 0 Å². The molecule has 1 atom stereocenters. The summed E-state index contributed by atoms with van der Waals surface area (Å²) in [6.07, 6.45) is 10.0. The van der Waals surface area contributed by atoms with Gasteiger partial charge >= 0.3 is 5.97 Å². The molecule has 0 aliphatic heterocycles. The Morgan fingerprint density at radius 3 is 2.24 bits per heavy atom. The Morgan fingerprint density at radius 1 is 1.05 bits per heavy atom. The Balaban J connectivity index is 0. The fourth-order valence-corrected chi connectivity index (χ4v) is 4.68. The van der Waals surface area contributed by atoms with Gasteiger partial charge in [0, 0.05) is 11.3 Å². The molecule has 0 spiro atoms. The van der Waals surface area contributed by atoms with Crippen LogP contribution in [0.15, 0.2) is 47.8 Å². The lowest BCUT2D eigenvalue weighted by Gasteiger charge is -2.10. The fourth-order valence-electron chi connectivity index (χ4n) is 3.47. The van der Waals surface area contributed by atoms with Crippen molar-refractivity contribution < 1.29 is 15.2 Å². The molecule has 4 nitrogen and oxygen atoms in total. The molecule has 0 bridgehead atoms. The lowest BCUT2D eigenvalue weighted by molar-refractivity contribution is -0.656. The maximum absolute atomic E-state index is 10.4. The van der Waals surface area contributed by atoms with Crippen molar-refractivity contribution in [3.05, 3.63) is 58.3 Å². The number of rotatable bonds is 16. The summed E-state index contributed by atoms with van der Waals surface area (Å²) in [6, 6.07) is 14.5. The Labute approximate surface area is 244 Å². The van der Waals surface area contributed by atoms with Gasteiger partial charge < -0.3 is 15.7 Å². The van der Waals surface area contributed by atoms with Crippen LogP contribution >= 0.6 is 39.0 Å². The van der Waals surface area contributed by atoms with Crippen LogP contribution in [0.5, 0.6) is 0 Å².